The van der Waals surface area contributed by atoms with Crippen molar-refractivity contribution in [2.75, 3.05) is 37.0 Å². The summed E-state index contributed by atoms with van der Waals surface area (Å²) >= 11 is 1.53. The number of thioether (sulfide) groups is 1. The fraction of sp³-hybridized carbons (Fsp3) is 0.600. The maximum atomic E-state index is 10.6. The Morgan fingerprint density at radius 3 is 2.85 bits per heavy atom. The summed E-state index contributed by atoms with van der Waals surface area (Å²) in [4.78, 5) is 2.35. The molecule has 1 aromatic carbocycles. The molecule has 4 rings (SSSR count). The lowest BCUT2D eigenvalue weighted by atomic mass is 10.00. The fourth-order valence-corrected chi connectivity index (χ4v) is 5.20. The molecule has 180 valence electrons. The molecule has 0 aliphatic carbocycles. The summed E-state index contributed by atoms with van der Waals surface area (Å²) in [5.41, 5.74) is 1.07. The van der Waals surface area contributed by atoms with Crippen LogP contribution in [0.5, 0.6) is 5.75 Å². The van der Waals surface area contributed by atoms with E-state index >= 15 is 0 Å². The molecule has 2 saturated heterocycles. The number of hydrogen-bond acceptors (Lipinski definition) is 7. The molecule has 3 heterocycles. The molecule has 7 nitrogen and oxygen atoms in total. The third-order valence-corrected chi connectivity index (χ3v) is 7.46. The largest absolute Gasteiger partial charge is 0.491 e. The van der Waals surface area contributed by atoms with Gasteiger partial charge in [0.25, 0.3) is 0 Å². The van der Waals surface area contributed by atoms with E-state index in [1.165, 1.54) is 24.6 Å². The quantitative estimate of drug-likeness (QED) is 0.392. The summed E-state index contributed by atoms with van der Waals surface area (Å²) in [6.45, 7) is 9.96. The van der Waals surface area contributed by atoms with Crippen molar-refractivity contribution in [3.8, 4) is 5.75 Å². The molecule has 0 spiro atoms. The van der Waals surface area contributed by atoms with Gasteiger partial charge in [0.1, 0.15) is 12.4 Å². The first-order valence-corrected chi connectivity index (χ1v) is 13.0. The zero-order valence-corrected chi connectivity index (χ0v) is 20.4. The molecule has 0 bridgehead atoms. The van der Waals surface area contributed by atoms with Crippen molar-refractivity contribution in [1.29, 1.82) is 0 Å². The van der Waals surface area contributed by atoms with Crippen molar-refractivity contribution in [3.05, 3.63) is 42.5 Å². The lowest BCUT2D eigenvalue weighted by molar-refractivity contribution is 0.0951. The van der Waals surface area contributed by atoms with Gasteiger partial charge in [0.15, 0.2) is 5.16 Å². The smallest absolute Gasteiger partial charge is 0.228 e. The normalized spacial score (nSPS) is 20.2. The summed E-state index contributed by atoms with van der Waals surface area (Å²) in [5, 5.41) is 20.5. The van der Waals surface area contributed by atoms with E-state index in [0.717, 1.165) is 73.8 Å². The van der Waals surface area contributed by atoms with Gasteiger partial charge in [0.05, 0.1) is 18.8 Å². The number of para-hydroxylation sites is 1. The zero-order chi connectivity index (χ0) is 23.0. The SMILES string of the molecule is C=CCc1ccccc1OCC(O)CSc1nnc(N2CCC(C)CC2)n1CC1CCCO1. The first-order valence-electron chi connectivity index (χ1n) is 12.1. The van der Waals surface area contributed by atoms with E-state index in [1.54, 1.807) is 0 Å². The van der Waals surface area contributed by atoms with Crippen LogP contribution in [0.4, 0.5) is 5.95 Å². The second kappa shape index (κ2) is 11.9. The highest BCUT2D eigenvalue weighted by molar-refractivity contribution is 7.99. The second-order valence-corrected chi connectivity index (χ2v) is 10.1. The Morgan fingerprint density at radius 1 is 1.27 bits per heavy atom. The molecule has 0 amide bonds. The van der Waals surface area contributed by atoms with E-state index in [2.05, 4.69) is 33.2 Å². The molecule has 2 atom stereocenters. The number of aliphatic hydroxyl groups excluding tert-OH is 1. The molecule has 2 aromatic rings. The third-order valence-electron chi connectivity index (χ3n) is 6.35. The maximum absolute atomic E-state index is 10.6. The van der Waals surface area contributed by atoms with Crippen LogP contribution < -0.4 is 9.64 Å². The molecule has 2 aliphatic rings. The highest BCUT2D eigenvalue weighted by atomic mass is 32.2. The minimum absolute atomic E-state index is 0.206. The highest BCUT2D eigenvalue weighted by Crippen LogP contribution is 2.28. The monoisotopic (exact) mass is 472 g/mol. The molecule has 0 radical (unpaired) electrons. The molecular formula is C25H36N4O3S. The Balaban J connectivity index is 1.38. The van der Waals surface area contributed by atoms with Gasteiger partial charge >= 0.3 is 0 Å². The van der Waals surface area contributed by atoms with Gasteiger partial charge in [-0.05, 0) is 49.7 Å². The van der Waals surface area contributed by atoms with Crippen LogP contribution in [-0.2, 0) is 17.7 Å². The van der Waals surface area contributed by atoms with Crippen LogP contribution in [0.25, 0.3) is 0 Å². The van der Waals surface area contributed by atoms with E-state index in [1.807, 2.05) is 30.3 Å². The Hall–Kier alpha value is -2.03. The van der Waals surface area contributed by atoms with E-state index in [0.29, 0.717) is 5.75 Å². The molecule has 33 heavy (non-hydrogen) atoms. The first kappa shape index (κ1) is 24.1. The molecule has 8 heteroatoms. The molecule has 2 unspecified atom stereocenters. The Bertz CT molecular complexity index is 892. The van der Waals surface area contributed by atoms with Gasteiger partial charge in [0.2, 0.25) is 5.95 Å². The minimum Gasteiger partial charge on any atom is -0.491 e. The maximum Gasteiger partial charge on any atom is 0.228 e. The Morgan fingerprint density at radius 2 is 2.09 bits per heavy atom. The number of aliphatic hydroxyl groups is 1. The van der Waals surface area contributed by atoms with Crippen LogP contribution in [0.1, 0.15) is 38.2 Å². The van der Waals surface area contributed by atoms with Crippen LogP contribution in [0, 0.1) is 5.92 Å². The summed E-state index contributed by atoms with van der Waals surface area (Å²) in [6.07, 6.45) is 6.73. The van der Waals surface area contributed by atoms with Crippen molar-refractivity contribution in [2.45, 2.75) is 62.9 Å². The molecule has 0 saturated carbocycles. The average molecular weight is 473 g/mol. The highest BCUT2D eigenvalue weighted by Gasteiger charge is 2.26. The molecule has 1 N–H and O–H groups in total. The van der Waals surface area contributed by atoms with Crippen molar-refractivity contribution in [2.24, 2.45) is 5.92 Å². The predicted octanol–water partition coefficient (Wildman–Crippen LogP) is 3.95. The number of piperidine rings is 1. The van der Waals surface area contributed by atoms with Crippen LogP contribution >= 0.6 is 11.8 Å². The van der Waals surface area contributed by atoms with Gasteiger partial charge in [-0.2, -0.15) is 0 Å². The molecular weight excluding hydrogens is 436 g/mol. The predicted molar refractivity (Wildman–Crippen MR) is 132 cm³/mol. The molecule has 2 aliphatic heterocycles. The van der Waals surface area contributed by atoms with Crippen molar-refractivity contribution in [1.82, 2.24) is 14.8 Å². The number of benzene rings is 1. The fourth-order valence-electron chi connectivity index (χ4n) is 4.36. The van der Waals surface area contributed by atoms with Gasteiger partial charge in [-0.25, -0.2) is 0 Å². The number of allylic oxidation sites excluding steroid dienone is 1. The summed E-state index contributed by atoms with van der Waals surface area (Å²) in [5.74, 6) is 2.98. The van der Waals surface area contributed by atoms with Gasteiger partial charge in [-0.3, -0.25) is 4.57 Å². The van der Waals surface area contributed by atoms with Gasteiger partial charge in [0, 0.05) is 25.4 Å². The lowest BCUT2D eigenvalue weighted by Gasteiger charge is -2.31. The second-order valence-electron chi connectivity index (χ2n) is 9.07. The van der Waals surface area contributed by atoms with Crippen LogP contribution in [-0.4, -0.2) is 64.1 Å². The average Bonchev–Trinajstić information content (AvgIpc) is 3.48. The number of ether oxygens (including phenoxy) is 2. The van der Waals surface area contributed by atoms with Crippen molar-refractivity contribution in [3.63, 3.8) is 0 Å². The number of rotatable bonds is 11. The number of anilines is 1. The standard InChI is InChI=1S/C25H36N4O3S/c1-3-7-20-8-4-5-10-23(20)32-17-21(30)18-33-25-27-26-24(28-13-11-19(2)12-14-28)29(25)16-22-9-6-15-31-22/h3-5,8,10,19,21-22,30H,1,6-7,9,11-18H2,2H3. The summed E-state index contributed by atoms with van der Waals surface area (Å²) in [7, 11) is 0. The van der Waals surface area contributed by atoms with Crippen LogP contribution in [0.15, 0.2) is 42.1 Å². The number of aromatic nitrogens is 3. The van der Waals surface area contributed by atoms with E-state index in [-0.39, 0.29) is 12.7 Å². The van der Waals surface area contributed by atoms with E-state index in [9.17, 15) is 5.11 Å². The molecule has 2 fully saturated rings. The topological polar surface area (TPSA) is 72.6 Å². The van der Waals surface area contributed by atoms with E-state index < -0.39 is 6.10 Å². The van der Waals surface area contributed by atoms with Crippen LogP contribution in [0.3, 0.4) is 0 Å². The van der Waals surface area contributed by atoms with Gasteiger partial charge in [-0.15, -0.1) is 16.8 Å². The first-order chi connectivity index (χ1) is 16.1. The zero-order valence-electron chi connectivity index (χ0n) is 19.6. The molecule has 1 aromatic heterocycles. The van der Waals surface area contributed by atoms with Crippen molar-refractivity contribution < 1.29 is 14.6 Å². The third kappa shape index (κ3) is 6.52. The van der Waals surface area contributed by atoms with Gasteiger partial charge < -0.3 is 19.5 Å². The van der Waals surface area contributed by atoms with Crippen LogP contribution in [0.2, 0.25) is 0 Å². The minimum atomic E-state index is -0.612. The Kier molecular flexibility index (Phi) is 8.69. The summed E-state index contributed by atoms with van der Waals surface area (Å²) < 4.78 is 14.0. The van der Waals surface area contributed by atoms with Crippen molar-refractivity contribution >= 4 is 17.7 Å². The number of nitrogens with zero attached hydrogens (tertiary/aromatic N) is 4. The summed E-state index contributed by atoms with van der Waals surface area (Å²) in [6, 6.07) is 7.89. The Labute approximate surface area is 201 Å². The number of hydrogen-bond donors (Lipinski definition) is 1. The van der Waals surface area contributed by atoms with E-state index in [4.69, 9.17) is 9.47 Å². The van der Waals surface area contributed by atoms with Gasteiger partial charge in [-0.1, -0.05) is 43.0 Å². The lowest BCUT2D eigenvalue weighted by Crippen LogP contribution is -2.35.